The van der Waals surface area contributed by atoms with Gasteiger partial charge in [0.1, 0.15) is 6.04 Å². The normalized spacial score (nSPS) is 15.7. The van der Waals surface area contributed by atoms with Crippen LogP contribution in [-0.4, -0.2) is 54.5 Å². The van der Waals surface area contributed by atoms with Crippen molar-refractivity contribution >= 4 is 52.4 Å². The van der Waals surface area contributed by atoms with Gasteiger partial charge in [0, 0.05) is 25.7 Å². The molecular weight excluding hydrogens is 531 g/mol. The highest BCUT2D eigenvalue weighted by molar-refractivity contribution is 6.39. The van der Waals surface area contributed by atoms with E-state index < -0.39 is 24.3 Å². The summed E-state index contributed by atoms with van der Waals surface area (Å²) >= 11 is 12.1. The molecule has 3 aromatic rings. The molecular formula is C27H26Cl2N4O5. The van der Waals surface area contributed by atoms with Gasteiger partial charge in [-0.25, -0.2) is 4.79 Å². The molecule has 198 valence electrons. The lowest BCUT2D eigenvalue weighted by molar-refractivity contribution is -0.139. The summed E-state index contributed by atoms with van der Waals surface area (Å²) in [6.45, 7) is 0.625. The van der Waals surface area contributed by atoms with E-state index in [0.717, 1.165) is 5.56 Å². The average molecular weight is 557 g/mol. The van der Waals surface area contributed by atoms with Gasteiger partial charge in [-0.2, -0.15) is 0 Å². The van der Waals surface area contributed by atoms with Crippen molar-refractivity contribution in [3.8, 4) is 0 Å². The molecule has 0 radical (unpaired) electrons. The highest BCUT2D eigenvalue weighted by Gasteiger charge is 2.36. The lowest BCUT2D eigenvalue weighted by Gasteiger charge is -2.40. The second-order valence-electron chi connectivity index (χ2n) is 8.85. The second-order valence-corrected chi connectivity index (χ2v) is 9.66. The molecule has 9 nitrogen and oxygen atoms in total. The quantitative estimate of drug-likeness (QED) is 0.335. The maximum Gasteiger partial charge on any atom is 0.326 e. The van der Waals surface area contributed by atoms with Gasteiger partial charge in [-0.3, -0.25) is 14.5 Å². The fraction of sp³-hybridized carbons (Fsp3) is 0.222. The number of nitrogens with one attached hydrogen (secondary N) is 2. The number of benzene rings is 3. The zero-order chi connectivity index (χ0) is 27.6. The van der Waals surface area contributed by atoms with Crippen molar-refractivity contribution < 1.29 is 24.6 Å². The number of aliphatic hydroxyl groups is 1. The summed E-state index contributed by atoms with van der Waals surface area (Å²) in [7, 11) is 3.53. The van der Waals surface area contributed by atoms with E-state index in [-0.39, 0.29) is 27.9 Å². The van der Waals surface area contributed by atoms with Crippen LogP contribution in [0.5, 0.6) is 0 Å². The molecule has 4 rings (SSSR count). The van der Waals surface area contributed by atoms with Gasteiger partial charge in [-0.1, -0.05) is 47.5 Å². The average Bonchev–Trinajstić information content (AvgIpc) is 2.88. The molecule has 1 unspecified atom stereocenters. The molecule has 0 aromatic heterocycles. The molecule has 0 saturated heterocycles. The molecule has 11 heteroatoms. The van der Waals surface area contributed by atoms with Crippen LogP contribution in [0.25, 0.3) is 0 Å². The molecule has 38 heavy (non-hydrogen) atoms. The Morgan fingerprint density at radius 1 is 1.03 bits per heavy atom. The number of aliphatic hydroxyl groups excluding tert-OH is 1. The van der Waals surface area contributed by atoms with Crippen molar-refractivity contribution in [2.24, 2.45) is 0 Å². The zero-order valence-corrected chi connectivity index (χ0v) is 22.1. The number of nitrogens with zero attached hydrogens (tertiary/aromatic N) is 2. The molecule has 0 saturated carbocycles. The van der Waals surface area contributed by atoms with Crippen molar-refractivity contribution in [3.63, 3.8) is 0 Å². The number of carbonyl (C=O) groups is 3. The number of aliphatic carboxylic acids is 1. The fourth-order valence-electron chi connectivity index (χ4n) is 4.32. The topological polar surface area (TPSA) is 122 Å². The maximum atomic E-state index is 13.3. The minimum Gasteiger partial charge on any atom is -0.480 e. The molecule has 0 aliphatic carbocycles. The molecule has 2 amide bonds. The predicted octanol–water partition coefficient (Wildman–Crippen LogP) is 3.51. The van der Waals surface area contributed by atoms with Crippen molar-refractivity contribution in [1.29, 1.82) is 0 Å². The number of carboxylic acid groups (broad SMARTS) is 1. The van der Waals surface area contributed by atoms with E-state index in [0.29, 0.717) is 29.0 Å². The Morgan fingerprint density at radius 2 is 1.66 bits per heavy atom. The first kappa shape index (κ1) is 27.4. The Hall–Kier alpha value is -3.63. The first-order chi connectivity index (χ1) is 18.1. The molecule has 0 fully saturated rings. The number of rotatable bonds is 8. The van der Waals surface area contributed by atoms with Crippen molar-refractivity contribution in [2.45, 2.75) is 25.4 Å². The lowest BCUT2D eigenvalue weighted by Crippen LogP contribution is -2.54. The minimum atomic E-state index is -1.26. The highest BCUT2D eigenvalue weighted by atomic mass is 35.5. The zero-order valence-electron chi connectivity index (χ0n) is 20.6. The van der Waals surface area contributed by atoms with E-state index in [1.54, 1.807) is 48.3 Å². The van der Waals surface area contributed by atoms with Gasteiger partial charge in [0.25, 0.3) is 11.8 Å². The molecule has 0 spiro atoms. The van der Waals surface area contributed by atoms with E-state index in [1.807, 2.05) is 19.2 Å². The summed E-state index contributed by atoms with van der Waals surface area (Å²) in [6, 6.07) is 15.3. The Labute approximate surface area is 229 Å². The number of hydrogen-bond donors (Lipinski definition) is 4. The number of amides is 2. The molecule has 4 N–H and O–H groups in total. The van der Waals surface area contributed by atoms with Gasteiger partial charge in [-0.15, -0.1) is 0 Å². The highest BCUT2D eigenvalue weighted by Crippen LogP contribution is 2.33. The Morgan fingerprint density at radius 3 is 2.26 bits per heavy atom. The van der Waals surface area contributed by atoms with Crippen LogP contribution in [0.3, 0.4) is 0 Å². The number of carbonyl (C=O) groups excluding carboxylic acids is 2. The summed E-state index contributed by atoms with van der Waals surface area (Å²) in [5.74, 6) is -2.30. The Balaban J connectivity index is 1.52. The number of hydrogen-bond acceptors (Lipinski definition) is 6. The monoisotopic (exact) mass is 556 g/mol. The number of halogens is 2. The van der Waals surface area contributed by atoms with Gasteiger partial charge in [-0.05, 0) is 54.6 Å². The Kier molecular flexibility index (Phi) is 8.23. The number of fused-ring (bicyclic) bond motifs is 1. The fourth-order valence-corrected chi connectivity index (χ4v) is 4.89. The maximum absolute atomic E-state index is 13.3. The molecule has 3 aromatic carbocycles. The van der Waals surface area contributed by atoms with E-state index in [4.69, 9.17) is 23.2 Å². The summed E-state index contributed by atoms with van der Waals surface area (Å²) in [6.07, 6.45) is -1.27. The minimum absolute atomic E-state index is 0.00231. The first-order valence-electron chi connectivity index (χ1n) is 11.7. The van der Waals surface area contributed by atoms with Crippen LogP contribution in [0.15, 0.2) is 60.7 Å². The smallest absolute Gasteiger partial charge is 0.326 e. The van der Waals surface area contributed by atoms with Crippen LogP contribution in [0.4, 0.5) is 11.4 Å². The van der Waals surface area contributed by atoms with Crippen LogP contribution in [-0.2, 0) is 17.8 Å². The molecule has 0 bridgehead atoms. The van der Waals surface area contributed by atoms with Gasteiger partial charge < -0.3 is 25.7 Å². The molecule has 2 atom stereocenters. The van der Waals surface area contributed by atoms with Crippen LogP contribution in [0.1, 0.15) is 31.8 Å². The Bertz CT molecular complexity index is 1360. The third-order valence-corrected chi connectivity index (χ3v) is 6.93. The van der Waals surface area contributed by atoms with Crippen LogP contribution in [0.2, 0.25) is 10.0 Å². The van der Waals surface area contributed by atoms with Gasteiger partial charge in [0.05, 0.1) is 26.9 Å². The molecule has 1 aliphatic rings. The molecule has 1 heterocycles. The summed E-state index contributed by atoms with van der Waals surface area (Å²) in [4.78, 5) is 40.7. The van der Waals surface area contributed by atoms with E-state index >= 15 is 0 Å². The van der Waals surface area contributed by atoms with Crippen molar-refractivity contribution in [2.75, 3.05) is 23.9 Å². The third-order valence-electron chi connectivity index (χ3n) is 6.30. The first-order valence-corrected chi connectivity index (χ1v) is 12.5. The second kappa shape index (κ2) is 11.4. The van der Waals surface area contributed by atoms with Crippen LogP contribution < -0.4 is 20.4 Å². The summed E-state index contributed by atoms with van der Waals surface area (Å²) in [5, 5.41) is 26.4. The largest absolute Gasteiger partial charge is 0.480 e. The van der Waals surface area contributed by atoms with Gasteiger partial charge >= 0.3 is 5.97 Å². The number of anilines is 2. The predicted molar refractivity (Wildman–Crippen MR) is 146 cm³/mol. The molecule has 1 aliphatic heterocycles. The van der Waals surface area contributed by atoms with E-state index in [9.17, 15) is 24.6 Å². The van der Waals surface area contributed by atoms with Gasteiger partial charge in [0.2, 0.25) is 6.35 Å². The standard InChI is InChI=1S/C27H26Cl2N4O5/c1-30-14-16-8-11-18-22(13-16)32(2)27(38)33(25(18)35)17-9-6-15(7-10-17)12-21(26(36)37)31-24(34)23-19(28)4-3-5-20(23)29/h3-11,13,21,27,30,38H,12,14H2,1-2H3,(H,31,34)(H,36,37)/t21-,27?/m0/s1. The lowest BCUT2D eigenvalue weighted by atomic mass is 10.0. The van der Waals surface area contributed by atoms with Crippen LogP contribution >= 0.6 is 23.2 Å². The van der Waals surface area contributed by atoms with Crippen molar-refractivity contribution in [1.82, 2.24) is 10.6 Å². The summed E-state index contributed by atoms with van der Waals surface area (Å²) < 4.78 is 0. The number of carboxylic acids is 1. The van der Waals surface area contributed by atoms with Crippen LogP contribution in [0, 0.1) is 0 Å². The summed E-state index contributed by atoms with van der Waals surface area (Å²) in [5.41, 5.74) is 3.08. The third kappa shape index (κ3) is 5.46. The SMILES string of the molecule is CNCc1ccc2c(c1)N(C)C(O)N(c1ccc(C[C@H](NC(=O)c3c(Cl)cccc3Cl)C(=O)O)cc1)C2=O. The van der Waals surface area contributed by atoms with E-state index in [1.165, 1.54) is 17.0 Å². The van der Waals surface area contributed by atoms with E-state index in [2.05, 4.69) is 10.6 Å². The van der Waals surface area contributed by atoms with Gasteiger partial charge in [0.15, 0.2) is 0 Å². The van der Waals surface area contributed by atoms with Crippen molar-refractivity contribution in [3.05, 3.63) is 93.0 Å².